The fraction of sp³-hybridized carbons (Fsp3) is 0.286. The zero-order chi connectivity index (χ0) is 23.0. The Morgan fingerprint density at radius 2 is 1.45 bits per heavy atom. The fourth-order valence-electron chi connectivity index (χ4n) is 2.52. The Bertz CT molecular complexity index is 948. The van der Waals surface area contributed by atoms with Crippen molar-refractivity contribution in [3.63, 3.8) is 0 Å². The molecule has 0 bridgehead atoms. The largest absolute Gasteiger partial charge is 0.490 e. The van der Waals surface area contributed by atoms with E-state index < -0.39 is 23.8 Å². The molecule has 0 aliphatic heterocycles. The molecule has 0 radical (unpaired) electrons. The van der Waals surface area contributed by atoms with E-state index in [4.69, 9.17) is 32.7 Å². The van der Waals surface area contributed by atoms with Gasteiger partial charge in [-0.25, -0.2) is 0 Å². The maximum Gasteiger partial charge on any atom is 0.313 e. The first kappa shape index (κ1) is 24.3. The maximum atomic E-state index is 12.3. The van der Waals surface area contributed by atoms with Crippen LogP contribution in [0, 0.1) is 0 Å². The average molecular weight is 468 g/mol. The highest BCUT2D eigenvalue weighted by Gasteiger charge is 2.21. The van der Waals surface area contributed by atoms with E-state index in [9.17, 15) is 14.4 Å². The van der Waals surface area contributed by atoms with Crippen LogP contribution in [0.5, 0.6) is 11.5 Å². The minimum Gasteiger partial charge on any atom is -0.490 e. The molecule has 2 rings (SSSR count). The summed E-state index contributed by atoms with van der Waals surface area (Å²) in [6.07, 6.45) is 0. The quantitative estimate of drug-likeness (QED) is 0.510. The van der Waals surface area contributed by atoms with Crippen LogP contribution in [-0.4, -0.2) is 37.0 Å². The summed E-state index contributed by atoms with van der Waals surface area (Å²) in [6.45, 7) is 5.96. The van der Waals surface area contributed by atoms with Crippen molar-refractivity contribution in [2.45, 2.75) is 26.8 Å². The summed E-state index contributed by atoms with van der Waals surface area (Å²) < 4.78 is 11.0. The highest BCUT2D eigenvalue weighted by molar-refractivity contribution is 6.40. The van der Waals surface area contributed by atoms with Crippen molar-refractivity contribution in [1.82, 2.24) is 5.32 Å². The number of carbonyl (C=O) groups excluding carboxylic acids is 3. The molecule has 0 fully saturated rings. The van der Waals surface area contributed by atoms with Crippen molar-refractivity contribution in [1.29, 1.82) is 0 Å². The monoisotopic (exact) mass is 467 g/mol. The normalized spacial score (nSPS) is 11.3. The van der Waals surface area contributed by atoms with Crippen LogP contribution in [-0.2, 0) is 14.4 Å². The van der Waals surface area contributed by atoms with Gasteiger partial charge in [0.25, 0.3) is 0 Å². The minimum absolute atomic E-state index is 0.345. The molecule has 0 aliphatic carbocycles. The Balaban J connectivity index is 1.97. The summed E-state index contributed by atoms with van der Waals surface area (Å²) in [4.78, 5) is 36.7. The third-order valence-electron chi connectivity index (χ3n) is 3.88. The minimum atomic E-state index is -0.990. The van der Waals surface area contributed by atoms with Crippen LogP contribution in [0.15, 0.2) is 36.4 Å². The van der Waals surface area contributed by atoms with Gasteiger partial charge in [-0.1, -0.05) is 23.2 Å². The summed E-state index contributed by atoms with van der Waals surface area (Å²) in [5, 5.41) is 8.07. The van der Waals surface area contributed by atoms with Crippen LogP contribution in [0.3, 0.4) is 0 Å². The van der Waals surface area contributed by atoms with E-state index in [1.54, 1.807) is 18.2 Å². The molecule has 31 heavy (non-hydrogen) atoms. The first-order valence-electron chi connectivity index (χ1n) is 9.51. The Hall–Kier alpha value is -2.97. The zero-order valence-corrected chi connectivity index (χ0v) is 18.8. The number of anilines is 2. The number of hydrogen-bond acceptors (Lipinski definition) is 5. The molecule has 0 spiro atoms. The van der Waals surface area contributed by atoms with Crippen LogP contribution in [0.25, 0.3) is 0 Å². The molecule has 0 aliphatic rings. The predicted octanol–water partition coefficient (Wildman–Crippen LogP) is 3.87. The summed E-state index contributed by atoms with van der Waals surface area (Å²) in [5.41, 5.74) is 0.712. The van der Waals surface area contributed by atoms with Gasteiger partial charge in [-0.15, -0.1) is 0 Å². The zero-order valence-electron chi connectivity index (χ0n) is 17.3. The molecule has 8 nitrogen and oxygen atoms in total. The van der Waals surface area contributed by atoms with Gasteiger partial charge in [0.05, 0.1) is 13.2 Å². The van der Waals surface area contributed by atoms with Crippen molar-refractivity contribution in [3.8, 4) is 11.5 Å². The average Bonchev–Trinajstić information content (AvgIpc) is 2.69. The number of rotatable bonds is 8. The van der Waals surface area contributed by atoms with Gasteiger partial charge in [0, 0.05) is 27.5 Å². The van der Waals surface area contributed by atoms with Crippen molar-refractivity contribution in [2.75, 3.05) is 23.8 Å². The van der Waals surface area contributed by atoms with Gasteiger partial charge < -0.3 is 25.4 Å². The molecule has 2 aromatic rings. The predicted molar refractivity (Wildman–Crippen MR) is 120 cm³/mol. The van der Waals surface area contributed by atoms with Crippen LogP contribution >= 0.6 is 23.2 Å². The van der Waals surface area contributed by atoms with Gasteiger partial charge in [-0.2, -0.15) is 0 Å². The van der Waals surface area contributed by atoms with E-state index in [0.29, 0.717) is 46.1 Å². The number of carbonyl (C=O) groups is 3. The van der Waals surface area contributed by atoms with E-state index in [0.717, 1.165) is 0 Å². The van der Waals surface area contributed by atoms with Crippen molar-refractivity contribution in [3.05, 3.63) is 46.4 Å². The third-order valence-corrected chi connectivity index (χ3v) is 4.31. The molecular formula is C21H23Cl2N3O5. The first-order valence-corrected chi connectivity index (χ1v) is 10.3. The molecule has 0 saturated carbocycles. The number of hydrogen-bond donors (Lipinski definition) is 3. The Morgan fingerprint density at radius 3 is 2.06 bits per heavy atom. The summed E-state index contributed by atoms with van der Waals surface area (Å²) >= 11 is 11.8. The van der Waals surface area contributed by atoms with Crippen LogP contribution in [0.1, 0.15) is 20.8 Å². The first-order chi connectivity index (χ1) is 14.7. The highest BCUT2D eigenvalue weighted by atomic mass is 35.5. The Kier molecular flexibility index (Phi) is 8.96. The fourth-order valence-corrected chi connectivity index (χ4v) is 3.05. The van der Waals surface area contributed by atoms with Crippen LogP contribution in [0.4, 0.5) is 11.4 Å². The molecular weight excluding hydrogens is 445 g/mol. The molecule has 0 saturated heterocycles. The second kappa shape index (κ2) is 11.4. The lowest BCUT2D eigenvalue weighted by Gasteiger charge is -2.15. The van der Waals surface area contributed by atoms with E-state index in [1.807, 2.05) is 13.8 Å². The van der Waals surface area contributed by atoms with Gasteiger partial charge in [-0.3, -0.25) is 14.4 Å². The molecule has 0 aromatic heterocycles. The van der Waals surface area contributed by atoms with Crippen LogP contribution in [0.2, 0.25) is 10.0 Å². The standard InChI is InChI=1S/C21H23Cl2N3O5/c1-4-30-17-7-6-15(11-18(17)31-5-2)25-21(29)20(28)24-12(3)19(27)26-16-9-13(22)8-14(23)10-16/h6-12H,4-5H2,1-3H3,(H,24,28)(H,25,29)(H,26,27)/t12-/m0/s1. The molecule has 0 heterocycles. The van der Waals surface area contributed by atoms with Gasteiger partial charge in [0.2, 0.25) is 5.91 Å². The van der Waals surface area contributed by atoms with E-state index >= 15 is 0 Å². The summed E-state index contributed by atoms with van der Waals surface area (Å²) in [5.74, 6) is -1.48. The van der Waals surface area contributed by atoms with E-state index in [2.05, 4.69) is 16.0 Å². The van der Waals surface area contributed by atoms with Crippen LogP contribution < -0.4 is 25.4 Å². The second-order valence-electron chi connectivity index (χ2n) is 6.32. The second-order valence-corrected chi connectivity index (χ2v) is 7.20. The van der Waals surface area contributed by atoms with Gasteiger partial charge in [-0.05, 0) is 51.1 Å². The van der Waals surface area contributed by atoms with Gasteiger partial charge in [0.1, 0.15) is 6.04 Å². The van der Waals surface area contributed by atoms with Crippen molar-refractivity contribution < 1.29 is 23.9 Å². The molecule has 166 valence electrons. The maximum absolute atomic E-state index is 12.3. The number of amides is 3. The third kappa shape index (κ3) is 7.34. The van der Waals surface area contributed by atoms with Crippen molar-refractivity contribution >= 4 is 52.3 Å². The number of ether oxygens (including phenoxy) is 2. The van der Waals surface area contributed by atoms with E-state index in [-0.39, 0.29) is 0 Å². The van der Waals surface area contributed by atoms with Crippen molar-refractivity contribution in [2.24, 2.45) is 0 Å². The lowest BCUT2D eigenvalue weighted by Crippen LogP contribution is -2.46. The molecule has 1 atom stereocenters. The summed E-state index contributed by atoms with van der Waals surface area (Å²) in [6, 6.07) is 8.31. The highest BCUT2D eigenvalue weighted by Crippen LogP contribution is 2.30. The summed E-state index contributed by atoms with van der Waals surface area (Å²) in [7, 11) is 0. The van der Waals surface area contributed by atoms with Gasteiger partial charge >= 0.3 is 11.8 Å². The van der Waals surface area contributed by atoms with E-state index in [1.165, 1.54) is 25.1 Å². The lowest BCUT2D eigenvalue weighted by atomic mass is 10.2. The molecule has 0 unspecified atom stereocenters. The SMILES string of the molecule is CCOc1ccc(NC(=O)C(=O)N[C@@H](C)C(=O)Nc2cc(Cl)cc(Cl)c2)cc1OCC. The molecule has 2 aromatic carbocycles. The number of halogens is 2. The molecule has 3 N–H and O–H groups in total. The number of nitrogens with one attached hydrogen (secondary N) is 3. The smallest absolute Gasteiger partial charge is 0.313 e. The topological polar surface area (TPSA) is 106 Å². The number of benzene rings is 2. The molecule has 3 amide bonds. The molecule has 10 heteroatoms. The van der Waals surface area contributed by atoms with Gasteiger partial charge in [0.15, 0.2) is 11.5 Å². The lowest BCUT2D eigenvalue weighted by molar-refractivity contribution is -0.137. The Morgan fingerprint density at radius 1 is 0.839 bits per heavy atom. The Labute approximate surface area is 190 Å².